The summed E-state index contributed by atoms with van der Waals surface area (Å²) in [5, 5.41) is 5.89. The van der Waals surface area contributed by atoms with E-state index in [0.29, 0.717) is 12.8 Å². The predicted molar refractivity (Wildman–Crippen MR) is 82.5 cm³/mol. The summed E-state index contributed by atoms with van der Waals surface area (Å²) in [5.74, 6) is 0.284. The molecule has 1 aromatic carbocycles. The second-order valence-corrected chi connectivity index (χ2v) is 8.08. The third kappa shape index (κ3) is 4.88. The van der Waals surface area contributed by atoms with E-state index in [1.54, 1.807) is 0 Å². The molecule has 0 aliphatic carbocycles. The molecule has 0 spiro atoms. The second kappa shape index (κ2) is 6.69. The van der Waals surface area contributed by atoms with Gasteiger partial charge in [-0.05, 0) is 31.0 Å². The quantitative estimate of drug-likeness (QED) is 0.854. The Bertz CT molecular complexity index is 575. The van der Waals surface area contributed by atoms with Crippen molar-refractivity contribution in [3.63, 3.8) is 0 Å². The highest BCUT2D eigenvalue weighted by Gasteiger charge is 2.23. The van der Waals surface area contributed by atoms with Crippen LogP contribution in [0, 0.1) is 0 Å². The minimum Gasteiger partial charge on any atom is -0.325 e. The van der Waals surface area contributed by atoms with Crippen molar-refractivity contribution in [1.29, 1.82) is 0 Å². The number of carbonyl (C=O) groups excluding carboxylic acids is 1. The van der Waals surface area contributed by atoms with Gasteiger partial charge in [-0.3, -0.25) is 4.79 Å². The molecular weight excluding hydrogens is 344 g/mol. The Labute approximate surface area is 127 Å². The Morgan fingerprint density at radius 3 is 2.65 bits per heavy atom. The van der Waals surface area contributed by atoms with Crippen molar-refractivity contribution in [2.45, 2.75) is 18.9 Å². The third-order valence-corrected chi connectivity index (χ3v) is 5.42. The topological polar surface area (TPSA) is 75.3 Å². The van der Waals surface area contributed by atoms with Crippen molar-refractivity contribution < 1.29 is 13.2 Å². The molecule has 5 nitrogen and oxygen atoms in total. The fourth-order valence-corrected chi connectivity index (χ4v) is 3.99. The molecule has 110 valence electrons. The minimum atomic E-state index is -2.85. The summed E-state index contributed by atoms with van der Waals surface area (Å²) in [4.78, 5) is 11.8. The summed E-state index contributed by atoms with van der Waals surface area (Å²) >= 11 is 3.34. The number of halogens is 1. The first kappa shape index (κ1) is 15.5. The number of carbonyl (C=O) groups is 1. The van der Waals surface area contributed by atoms with Gasteiger partial charge in [0.25, 0.3) is 0 Å². The van der Waals surface area contributed by atoms with E-state index >= 15 is 0 Å². The Balaban J connectivity index is 1.76. The van der Waals surface area contributed by atoms with Crippen molar-refractivity contribution in [1.82, 2.24) is 5.32 Å². The Morgan fingerprint density at radius 1 is 1.30 bits per heavy atom. The van der Waals surface area contributed by atoms with Crippen molar-refractivity contribution in [2.24, 2.45) is 0 Å². The van der Waals surface area contributed by atoms with Crippen LogP contribution in [0.2, 0.25) is 0 Å². The molecule has 0 bridgehead atoms. The summed E-state index contributed by atoms with van der Waals surface area (Å²) in [6.45, 7) is 0.192. The number of sulfone groups is 1. The van der Waals surface area contributed by atoms with Crippen LogP contribution in [0.4, 0.5) is 5.69 Å². The van der Waals surface area contributed by atoms with Gasteiger partial charge in [0.05, 0.1) is 18.1 Å². The fraction of sp³-hybridized carbons (Fsp3) is 0.462. The summed E-state index contributed by atoms with van der Waals surface area (Å²) in [6.07, 6.45) is 1.15. The molecule has 1 fully saturated rings. The van der Waals surface area contributed by atoms with E-state index in [-0.39, 0.29) is 30.0 Å². The highest BCUT2D eigenvalue weighted by atomic mass is 79.9. The average Bonchev–Trinajstić information content (AvgIpc) is 2.37. The highest BCUT2D eigenvalue weighted by molar-refractivity contribution is 9.10. The zero-order chi connectivity index (χ0) is 14.6. The van der Waals surface area contributed by atoms with Crippen LogP contribution in [-0.2, 0) is 14.6 Å². The first-order chi connectivity index (χ1) is 9.44. The molecule has 7 heteroatoms. The van der Waals surface area contributed by atoms with Gasteiger partial charge in [-0.25, -0.2) is 8.42 Å². The normalized spacial score (nSPS) is 18.6. The molecule has 0 aromatic heterocycles. The van der Waals surface area contributed by atoms with Crippen molar-refractivity contribution >= 4 is 37.4 Å². The Morgan fingerprint density at radius 2 is 2.00 bits per heavy atom. The van der Waals surface area contributed by atoms with E-state index in [1.165, 1.54) is 0 Å². The first-order valence-electron chi connectivity index (χ1n) is 6.44. The van der Waals surface area contributed by atoms with Gasteiger partial charge < -0.3 is 10.6 Å². The van der Waals surface area contributed by atoms with Gasteiger partial charge in [-0.2, -0.15) is 0 Å². The average molecular weight is 361 g/mol. The number of anilines is 1. The van der Waals surface area contributed by atoms with Gasteiger partial charge in [0.1, 0.15) is 9.84 Å². The van der Waals surface area contributed by atoms with E-state index in [4.69, 9.17) is 0 Å². The van der Waals surface area contributed by atoms with Gasteiger partial charge in [0.15, 0.2) is 0 Å². The van der Waals surface area contributed by atoms with E-state index in [2.05, 4.69) is 26.6 Å². The van der Waals surface area contributed by atoms with Crippen LogP contribution in [0.5, 0.6) is 0 Å². The smallest absolute Gasteiger partial charge is 0.238 e. The molecule has 2 rings (SSSR count). The molecule has 2 N–H and O–H groups in total. The van der Waals surface area contributed by atoms with Gasteiger partial charge in [-0.1, -0.05) is 22.0 Å². The van der Waals surface area contributed by atoms with Crippen LogP contribution in [0.25, 0.3) is 0 Å². The zero-order valence-electron chi connectivity index (χ0n) is 10.9. The molecule has 0 saturated carbocycles. The molecule has 0 unspecified atom stereocenters. The predicted octanol–water partition coefficient (Wildman–Crippen LogP) is 1.55. The first-order valence-corrected chi connectivity index (χ1v) is 9.05. The van der Waals surface area contributed by atoms with E-state index in [9.17, 15) is 13.2 Å². The largest absolute Gasteiger partial charge is 0.325 e. The Hall–Kier alpha value is -0.920. The zero-order valence-corrected chi connectivity index (χ0v) is 13.3. The molecular formula is C13H17BrN2O3S. The molecule has 1 aromatic rings. The highest BCUT2D eigenvalue weighted by Crippen LogP contribution is 2.15. The van der Waals surface area contributed by atoms with Gasteiger partial charge in [-0.15, -0.1) is 0 Å². The molecule has 20 heavy (non-hydrogen) atoms. The van der Waals surface area contributed by atoms with Crippen LogP contribution in [-0.4, -0.2) is 38.4 Å². The third-order valence-electron chi connectivity index (χ3n) is 3.21. The monoisotopic (exact) mass is 360 g/mol. The van der Waals surface area contributed by atoms with Gasteiger partial charge >= 0.3 is 0 Å². The van der Waals surface area contributed by atoms with Crippen LogP contribution in [0.1, 0.15) is 12.8 Å². The maximum Gasteiger partial charge on any atom is 0.238 e. The van der Waals surface area contributed by atoms with Crippen LogP contribution < -0.4 is 10.6 Å². The van der Waals surface area contributed by atoms with E-state index < -0.39 is 9.84 Å². The summed E-state index contributed by atoms with van der Waals surface area (Å²) in [5.41, 5.74) is 0.734. The maximum atomic E-state index is 11.8. The summed E-state index contributed by atoms with van der Waals surface area (Å²) < 4.78 is 23.5. The second-order valence-electron chi connectivity index (χ2n) is 4.87. The molecule has 1 aliphatic rings. The van der Waals surface area contributed by atoms with Gasteiger partial charge in [0, 0.05) is 16.2 Å². The van der Waals surface area contributed by atoms with Crippen molar-refractivity contribution in [2.75, 3.05) is 23.4 Å². The lowest BCUT2D eigenvalue weighted by Gasteiger charge is -2.22. The number of amides is 1. The summed E-state index contributed by atoms with van der Waals surface area (Å²) in [7, 11) is -2.85. The lowest BCUT2D eigenvalue weighted by molar-refractivity contribution is -0.115. The SMILES string of the molecule is O=C(CNC1CCS(=O)(=O)CC1)Nc1cccc(Br)c1. The fourth-order valence-electron chi connectivity index (χ4n) is 2.10. The lowest BCUT2D eigenvalue weighted by atomic mass is 10.1. The number of benzene rings is 1. The van der Waals surface area contributed by atoms with Crippen LogP contribution in [0.3, 0.4) is 0 Å². The number of rotatable bonds is 4. The molecule has 0 atom stereocenters. The van der Waals surface area contributed by atoms with E-state index in [1.807, 2.05) is 24.3 Å². The minimum absolute atomic E-state index is 0.104. The number of nitrogens with one attached hydrogen (secondary N) is 2. The van der Waals surface area contributed by atoms with Crippen LogP contribution >= 0.6 is 15.9 Å². The maximum absolute atomic E-state index is 11.8. The molecule has 0 radical (unpaired) electrons. The van der Waals surface area contributed by atoms with Crippen molar-refractivity contribution in [3.05, 3.63) is 28.7 Å². The summed E-state index contributed by atoms with van der Waals surface area (Å²) in [6, 6.07) is 7.47. The molecule has 1 aliphatic heterocycles. The van der Waals surface area contributed by atoms with Crippen LogP contribution in [0.15, 0.2) is 28.7 Å². The van der Waals surface area contributed by atoms with Gasteiger partial charge in [0.2, 0.25) is 5.91 Å². The molecule has 1 amide bonds. The lowest BCUT2D eigenvalue weighted by Crippen LogP contribution is -2.41. The van der Waals surface area contributed by atoms with E-state index in [0.717, 1.165) is 10.2 Å². The number of hydrogen-bond donors (Lipinski definition) is 2. The molecule has 1 saturated heterocycles. The standard InChI is InChI=1S/C13H17BrN2O3S/c14-10-2-1-3-12(8-10)16-13(17)9-15-11-4-6-20(18,19)7-5-11/h1-3,8,11,15H,4-7,9H2,(H,16,17). The molecule has 1 heterocycles. The number of hydrogen-bond acceptors (Lipinski definition) is 4. The van der Waals surface area contributed by atoms with Crippen molar-refractivity contribution in [3.8, 4) is 0 Å². The Kier molecular flexibility index (Phi) is 5.17.